The molecule has 1 saturated carbocycles. The zero-order chi connectivity index (χ0) is 17.9. The van der Waals surface area contributed by atoms with Crippen molar-refractivity contribution in [3.63, 3.8) is 0 Å². The highest BCUT2D eigenvalue weighted by Crippen LogP contribution is 2.40. The van der Waals surface area contributed by atoms with E-state index >= 15 is 0 Å². The van der Waals surface area contributed by atoms with Crippen LogP contribution in [0.2, 0.25) is 0 Å². The highest BCUT2D eigenvalue weighted by atomic mass is 19.1. The number of anilines is 1. The Morgan fingerprint density at radius 3 is 2.20 bits per heavy atom. The largest absolute Gasteiger partial charge is 0.337 e. The van der Waals surface area contributed by atoms with Crippen molar-refractivity contribution in [2.75, 3.05) is 11.9 Å². The van der Waals surface area contributed by atoms with Crippen LogP contribution in [0.5, 0.6) is 0 Å². The van der Waals surface area contributed by atoms with Gasteiger partial charge >= 0.3 is 6.03 Å². The van der Waals surface area contributed by atoms with Gasteiger partial charge in [-0.2, -0.15) is 0 Å². The van der Waals surface area contributed by atoms with Gasteiger partial charge in [0.05, 0.1) is 0 Å². The first kappa shape index (κ1) is 17.3. The van der Waals surface area contributed by atoms with Crippen LogP contribution in [-0.4, -0.2) is 12.6 Å². The second-order valence-corrected chi connectivity index (χ2v) is 6.41. The van der Waals surface area contributed by atoms with E-state index in [0.717, 1.165) is 31.2 Å². The zero-order valence-corrected chi connectivity index (χ0v) is 13.6. The van der Waals surface area contributed by atoms with E-state index in [2.05, 4.69) is 10.6 Å². The van der Waals surface area contributed by atoms with Crippen LogP contribution in [0.4, 0.5) is 23.7 Å². The molecule has 0 aliphatic heterocycles. The van der Waals surface area contributed by atoms with Crippen molar-refractivity contribution in [3.8, 4) is 0 Å². The SMILES string of the molecule is O=C(NCC1(c2ccccc2)CCCC1)Nc1c(F)cc(F)cc1F. The van der Waals surface area contributed by atoms with Gasteiger partial charge in [-0.05, 0) is 18.4 Å². The van der Waals surface area contributed by atoms with Gasteiger partial charge in [0.25, 0.3) is 0 Å². The number of benzene rings is 2. The van der Waals surface area contributed by atoms with Crippen LogP contribution in [0.15, 0.2) is 42.5 Å². The lowest BCUT2D eigenvalue weighted by atomic mass is 9.79. The summed E-state index contributed by atoms with van der Waals surface area (Å²) in [5.74, 6) is -3.33. The predicted molar refractivity (Wildman–Crippen MR) is 89.9 cm³/mol. The molecular weight excluding hydrogens is 329 g/mol. The first-order valence-corrected chi connectivity index (χ1v) is 8.25. The van der Waals surface area contributed by atoms with Crippen molar-refractivity contribution in [1.29, 1.82) is 0 Å². The van der Waals surface area contributed by atoms with Crippen LogP contribution in [-0.2, 0) is 5.41 Å². The molecular formula is C19H19F3N2O. The number of carbonyl (C=O) groups is 1. The molecule has 25 heavy (non-hydrogen) atoms. The molecule has 3 rings (SSSR count). The van der Waals surface area contributed by atoms with E-state index in [1.54, 1.807) is 0 Å². The van der Waals surface area contributed by atoms with Crippen molar-refractivity contribution in [2.45, 2.75) is 31.1 Å². The minimum atomic E-state index is -1.15. The predicted octanol–water partition coefficient (Wildman–Crippen LogP) is 4.74. The first-order chi connectivity index (χ1) is 12.0. The van der Waals surface area contributed by atoms with Crippen LogP contribution in [0.1, 0.15) is 31.2 Å². The lowest BCUT2D eigenvalue weighted by Crippen LogP contribution is -2.41. The highest BCUT2D eigenvalue weighted by molar-refractivity contribution is 5.89. The van der Waals surface area contributed by atoms with Crippen LogP contribution >= 0.6 is 0 Å². The molecule has 0 radical (unpaired) electrons. The molecule has 1 aliphatic rings. The van der Waals surface area contributed by atoms with E-state index < -0.39 is 29.2 Å². The summed E-state index contributed by atoms with van der Waals surface area (Å²) < 4.78 is 40.2. The van der Waals surface area contributed by atoms with E-state index in [4.69, 9.17) is 0 Å². The molecule has 0 spiro atoms. The zero-order valence-electron chi connectivity index (χ0n) is 13.6. The Bertz CT molecular complexity index is 736. The number of halogens is 3. The fraction of sp³-hybridized carbons (Fsp3) is 0.316. The maximum atomic E-state index is 13.6. The molecule has 0 atom stereocenters. The van der Waals surface area contributed by atoms with E-state index in [1.165, 1.54) is 0 Å². The Morgan fingerprint density at radius 1 is 1.00 bits per heavy atom. The van der Waals surface area contributed by atoms with E-state index in [1.807, 2.05) is 30.3 Å². The number of hydrogen-bond acceptors (Lipinski definition) is 1. The molecule has 0 saturated heterocycles. The average Bonchev–Trinajstić information content (AvgIpc) is 3.07. The fourth-order valence-corrected chi connectivity index (χ4v) is 3.48. The number of amides is 2. The van der Waals surface area contributed by atoms with Crippen molar-refractivity contribution < 1.29 is 18.0 Å². The maximum Gasteiger partial charge on any atom is 0.319 e. The third kappa shape index (κ3) is 3.78. The van der Waals surface area contributed by atoms with Gasteiger partial charge < -0.3 is 10.6 Å². The number of nitrogens with one attached hydrogen (secondary N) is 2. The minimum Gasteiger partial charge on any atom is -0.337 e. The van der Waals surface area contributed by atoms with Gasteiger partial charge in [0.15, 0.2) is 11.6 Å². The number of urea groups is 1. The molecule has 0 aromatic heterocycles. The molecule has 1 fully saturated rings. The lowest BCUT2D eigenvalue weighted by Gasteiger charge is -2.30. The second-order valence-electron chi connectivity index (χ2n) is 6.41. The standard InChI is InChI=1S/C19H19F3N2O/c20-14-10-15(21)17(16(22)11-14)24-18(25)23-12-19(8-4-5-9-19)13-6-2-1-3-7-13/h1-3,6-7,10-11H,4-5,8-9,12H2,(H2,23,24,25). The Morgan fingerprint density at radius 2 is 1.60 bits per heavy atom. The summed E-state index contributed by atoms with van der Waals surface area (Å²) in [5.41, 5.74) is 0.324. The summed E-state index contributed by atoms with van der Waals surface area (Å²) in [4.78, 5) is 12.1. The first-order valence-electron chi connectivity index (χ1n) is 8.25. The van der Waals surface area contributed by atoms with Gasteiger partial charge in [0.2, 0.25) is 0 Å². The summed E-state index contributed by atoms with van der Waals surface area (Å²) in [6.45, 7) is 0.368. The van der Waals surface area contributed by atoms with Gasteiger partial charge in [-0.3, -0.25) is 0 Å². The lowest BCUT2D eigenvalue weighted by molar-refractivity contribution is 0.248. The number of carbonyl (C=O) groups excluding carboxylic acids is 1. The summed E-state index contributed by atoms with van der Waals surface area (Å²) in [6.07, 6.45) is 4.02. The van der Waals surface area contributed by atoms with Crippen LogP contribution in [0, 0.1) is 17.5 Å². The van der Waals surface area contributed by atoms with Crippen molar-refractivity contribution in [3.05, 3.63) is 65.5 Å². The molecule has 2 amide bonds. The topological polar surface area (TPSA) is 41.1 Å². The molecule has 0 bridgehead atoms. The summed E-state index contributed by atoms with van der Waals surface area (Å²) in [7, 11) is 0. The third-order valence-corrected chi connectivity index (χ3v) is 4.78. The molecule has 2 aromatic rings. The molecule has 132 valence electrons. The van der Waals surface area contributed by atoms with E-state index in [0.29, 0.717) is 18.7 Å². The summed E-state index contributed by atoms with van der Waals surface area (Å²) in [5, 5.41) is 4.84. The summed E-state index contributed by atoms with van der Waals surface area (Å²) >= 11 is 0. The Balaban J connectivity index is 1.69. The minimum absolute atomic E-state index is 0.168. The van der Waals surface area contributed by atoms with Gasteiger partial charge in [-0.25, -0.2) is 18.0 Å². The van der Waals surface area contributed by atoms with Crippen LogP contribution < -0.4 is 10.6 Å². The average molecular weight is 348 g/mol. The van der Waals surface area contributed by atoms with Crippen molar-refractivity contribution in [2.24, 2.45) is 0 Å². The van der Waals surface area contributed by atoms with Gasteiger partial charge in [-0.1, -0.05) is 43.2 Å². The van der Waals surface area contributed by atoms with E-state index in [-0.39, 0.29) is 5.41 Å². The Kier molecular flexibility index (Phi) is 4.97. The highest BCUT2D eigenvalue weighted by Gasteiger charge is 2.35. The van der Waals surface area contributed by atoms with Crippen LogP contribution in [0.25, 0.3) is 0 Å². The molecule has 2 N–H and O–H groups in total. The second kappa shape index (κ2) is 7.17. The number of rotatable bonds is 4. The van der Waals surface area contributed by atoms with Crippen LogP contribution in [0.3, 0.4) is 0 Å². The van der Waals surface area contributed by atoms with E-state index in [9.17, 15) is 18.0 Å². The molecule has 0 heterocycles. The molecule has 0 unspecified atom stereocenters. The molecule has 1 aliphatic carbocycles. The normalized spacial score (nSPS) is 15.8. The van der Waals surface area contributed by atoms with Gasteiger partial charge in [0.1, 0.15) is 11.5 Å². The maximum absolute atomic E-state index is 13.6. The third-order valence-electron chi connectivity index (χ3n) is 4.78. The van der Waals surface area contributed by atoms with Crippen molar-refractivity contribution in [1.82, 2.24) is 5.32 Å². The Labute approximate surface area is 144 Å². The van der Waals surface area contributed by atoms with Crippen molar-refractivity contribution >= 4 is 11.7 Å². The smallest absolute Gasteiger partial charge is 0.319 e. The summed E-state index contributed by atoms with van der Waals surface area (Å²) in [6, 6.07) is 10.3. The molecule has 2 aromatic carbocycles. The monoisotopic (exact) mass is 348 g/mol. The molecule has 6 heteroatoms. The van der Waals surface area contributed by atoms with Gasteiger partial charge in [0, 0.05) is 24.1 Å². The van der Waals surface area contributed by atoms with Gasteiger partial charge in [-0.15, -0.1) is 0 Å². The Hall–Kier alpha value is -2.50. The number of hydrogen-bond donors (Lipinski definition) is 2. The molecule has 3 nitrogen and oxygen atoms in total. The quantitative estimate of drug-likeness (QED) is 0.823. The fourth-order valence-electron chi connectivity index (χ4n) is 3.48.